The van der Waals surface area contributed by atoms with Crippen LogP contribution < -0.4 is 5.32 Å². The third-order valence-corrected chi connectivity index (χ3v) is 2.28. The Morgan fingerprint density at radius 3 is 2.50 bits per heavy atom. The Balaban J connectivity index is 2.77. The molecule has 0 aromatic heterocycles. The molecule has 0 spiro atoms. The minimum atomic E-state index is -1.11. The Morgan fingerprint density at radius 1 is 1.44 bits per heavy atom. The van der Waals surface area contributed by atoms with Gasteiger partial charge in [-0.15, -0.1) is 6.58 Å². The molecule has 0 heterocycles. The molecule has 0 saturated heterocycles. The van der Waals surface area contributed by atoms with Crippen LogP contribution in [0.1, 0.15) is 22.3 Å². The van der Waals surface area contributed by atoms with Gasteiger partial charge in [-0.2, -0.15) is 5.26 Å². The van der Waals surface area contributed by atoms with Gasteiger partial charge in [0.15, 0.2) is 0 Å². The maximum Gasteiger partial charge on any atom is 0.326 e. The Labute approximate surface area is 104 Å². The molecule has 0 aliphatic heterocycles. The number of carbonyl (C=O) groups is 2. The number of carboxylic acids is 1. The summed E-state index contributed by atoms with van der Waals surface area (Å²) in [4.78, 5) is 22.6. The maximum atomic E-state index is 11.7. The van der Waals surface area contributed by atoms with Crippen LogP contribution in [0.2, 0.25) is 0 Å². The molecule has 1 aromatic rings. The van der Waals surface area contributed by atoms with Gasteiger partial charge in [0.25, 0.3) is 5.91 Å². The summed E-state index contributed by atoms with van der Waals surface area (Å²) in [6, 6.07) is 6.88. The van der Waals surface area contributed by atoms with E-state index in [0.717, 1.165) is 0 Å². The lowest BCUT2D eigenvalue weighted by atomic mass is 10.1. The second-order valence-electron chi connectivity index (χ2n) is 3.58. The van der Waals surface area contributed by atoms with Crippen molar-refractivity contribution < 1.29 is 14.7 Å². The fraction of sp³-hybridized carbons (Fsp3) is 0.154. The van der Waals surface area contributed by atoms with Crippen LogP contribution in [-0.2, 0) is 4.79 Å². The highest BCUT2D eigenvalue weighted by Crippen LogP contribution is 2.04. The number of carboxylic acid groups (broad SMARTS) is 1. The number of aliphatic carboxylic acids is 1. The standard InChI is InChI=1S/C13H12N2O3/c1-2-3-11(13(17)18)15-12(16)10-6-4-9(8-14)5-7-10/h2,4-7,11H,1,3H2,(H,15,16)(H,17,18)/t11-/m1/s1. The van der Waals surface area contributed by atoms with E-state index in [1.165, 1.54) is 30.3 Å². The molecule has 92 valence electrons. The van der Waals surface area contributed by atoms with Crippen molar-refractivity contribution >= 4 is 11.9 Å². The third-order valence-electron chi connectivity index (χ3n) is 2.28. The normalized spacial score (nSPS) is 11.1. The number of hydrogen-bond donors (Lipinski definition) is 2. The summed E-state index contributed by atoms with van der Waals surface area (Å²) in [5.41, 5.74) is 0.747. The number of amides is 1. The van der Waals surface area contributed by atoms with Gasteiger partial charge in [-0.25, -0.2) is 4.79 Å². The summed E-state index contributed by atoms with van der Waals surface area (Å²) in [7, 11) is 0. The minimum Gasteiger partial charge on any atom is -0.480 e. The summed E-state index contributed by atoms with van der Waals surface area (Å²) in [6.07, 6.45) is 1.58. The van der Waals surface area contributed by atoms with Gasteiger partial charge in [0, 0.05) is 5.56 Å². The molecule has 1 rings (SSSR count). The van der Waals surface area contributed by atoms with Crippen molar-refractivity contribution in [3.63, 3.8) is 0 Å². The Morgan fingerprint density at radius 2 is 2.06 bits per heavy atom. The topological polar surface area (TPSA) is 90.2 Å². The predicted octanol–water partition coefficient (Wildman–Crippen LogP) is 1.32. The van der Waals surface area contributed by atoms with Gasteiger partial charge in [0.05, 0.1) is 11.6 Å². The highest BCUT2D eigenvalue weighted by atomic mass is 16.4. The Kier molecular flexibility index (Phi) is 4.64. The molecule has 2 N–H and O–H groups in total. The zero-order valence-corrected chi connectivity index (χ0v) is 9.59. The van der Waals surface area contributed by atoms with Crippen LogP contribution >= 0.6 is 0 Å². The summed E-state index contributed by atoms with van der Waals surface area (Å²) < 4.78 is 0. The molecule has 18 heavy (non-hydrogen) atoms. The first kappa shape index (κ1) is 13.5. The van der Waals surface area contributed by atoms with E-state index in [1.807, 2.05) is 6.07 Å². The molecule has 1 amide bonds. The van der Waals surface area contributed by atoms with Crippen molar-refractivity contribution in [3.8, 4) is 6.07 Å². The van der Waals surface area contributed by atoms with Gasteiger partial charge in [-0.05, 0) is 30.7 Å². The SMILES string of the molecule is C=CC[C@@H](NC(=O)c1ccc(C#N)cc1)C(=O)O. The van der Waals surface area contributed by atoms with E-state index in [0.29, 0.717) is 11.1 Å². The Bertz CT molecular complexity index is 500. The largest absolute Gasteiger partial charge is 0.480 e. The predicted molar refractivity (Wildman–Crippen MR) is 64.9 cm³/mol. The van der Waals surface area contributed by atoms with Gasteiger partial charge in [0.1, 0.15) is 6.04 Å². The fourth-order valence-electron chi connectivity index (χ4n) is 1.33. The third kappa shape index (κ3) is 3.46. The van der Waals surface area contributed by atoms with E-state index in [1.54, 1.807) is 0 Å². The molecule has 5 heteroatoms. The number of nitrogens with zero attached hydrogens (tertiary/aromatic N) is 1. The van der Waals surface area contributed by atoms with Crippen molar-refractivity contribution in [2.45, 2.75) is 12.5 Å². The molecule has 0 aliphatic rings. The van der Waals surface area contributed by atoms with Crippen LogP contribution in [0.4, 0.5) is 0 Å². The number of hydrogen-bond acceptors (Lipinski definition) is 3. The van der Waals surface area contributed by atoms with Crippen molar-refractivity contribution in [1.29, 1.82) is 5.26 Å². The smallest absolute Gasteiger partial charge is 0.326 e. The summed E-state index contributed by atoms with van der Waals surface area (Å²) >= 11 is 0. The van der Waals surface area contributed by atoms with Crippen LogP contribution in [0.25, 0.3) is 0 Å². The first-order chi connectivity index (χ1) is 8.58. The van der Waals surface area contributed by atoms with Gasteiger partial charge < -0.3 is 10.4 Å². The molecule has 5 nitrogen and oxygen atoms in total. The summed E-state index contributed by atoms with van der Waals surface area (Å²) in [6.45, 7) is 3.43. The van der Waals surface area contributed by atoms with Crippen LogP contribution in [0.15, 0.2) is 36.9 Å². The zero-order chi connectivity index (χ0) is 13.5. The van der Waals surface area contributed by atoms with E-state index in [2.05, 4.69) is 11.9 Å². The van der Waals surface area contributed by atoms with E-state index >= 15 is 0 Å². The van der Waals surface area contributed by atoms with E-state index < -0.39 is 17.9 Å². The highest BCUT2D eigenvalue weighted by molar-refractivity contribution is 5.96. The maximum absolute atomic E-state index is 11.7. The lowest BCUT2D eigenvalue weighted by Gasteiger charge is -2.12. The molecule has 0 saturated carbocycles. The van der Waals surface area contributed by atoms with Gasteiger partial charge in [-0.3, -0.25) is 4.79 Å². The molecule has 0 fully saturated rings. The van der Waals surface area contributed by atoms with Crippen molar-refractivity contribution in [2.24, 2.45) is 0 Å². The molecule has 0 radical (unpaired) electrons. The fourth-order valence-corrected chi connectivity index (χ4v) is 1.33. The monoisotopic (exact) mass is 244 g/mol. The quantitative estimate of drug-likeness (QED) is 0.764. The Hall–Kier alpha value is -2.61. The van der Waals surface area contributed by atoms with Crippen molar-refractivity contribution in [3.05, 3.63) is 48.0 Å². The number of rotatable bonds is 5. The molecule has 0 unspecified atom stereocenters. The number of nitrogens with one attached hydrogen (secondary N) is 1. The number of nitriles is 1. The van der Waals surface area contributed by atoms with Crippen LogP contribution in [0, 0.1) is 11.3 Å². The van der Waals surface area contributed by atoms with Gasteiger partial charge >= 0.3 is 5.97 Å². The average molecular weight is 244 g/mol. The first-order valence-electron chi connectivity index (χ1n) is 5.23. The second-order valence-corrected chi connectivity index (χ2v) is 3.58. The lowest BCUT2D eigenvalue weighted by Crippen LogP contribution is -2.40. The van der Waals surface area contributed by atoms with Gasteiger partial charge in [-0.1, -0.05) is 6.08 Å². The molecular weight excluding hydrogens is 232 g/mol. The number of benzene rings is 1. The van der Waals surface area contributed by atoms with Crippen molar-refractivity contribution in [2.75, 3.05) is 0 Å². The number of carbonyl (C=O) groups excluding carboxylic acids is 1. The van der Waals surface area contributed by atoms with Crippen molar-refractivity contribution in [1.82, 2.24) is 5.32 Å². The molecule has 0 aliphatic carbocycles. The molecule has 1 atom stereocenters. The average Bonchev–Trinajstić information content (AvgIpc) is 2.38. The van der Waals surface area contributed by atoms with E-state index in [9.17, 15) is 9.59 Å². The molecule has 1 aromatic carbocycles. The van der Waals surface area contributed by atoms with Crippen LogP contribution in [0.5, 0.6) is 0 Å². The molecule has 0 bridgehead atoms. The first-order valence-corrected chi connectivity index (χ1v) is 5.23. The minimum absolute atomic E-state index is 0.150. The summed E-state index contributed by atoms with van der Waals surface area (Å²) in [5.74, 6) is -1.61. The molecular formula is C13H12N2O3. The highest BCUT2D eigenvalue weighted by Gasteiger charge is 2.18. The lowest BCUT2D eigenvalue weighted by molar-refractivity contribution is -0.139. The van der Waals surface area contributed by atoms with Crippen LogP contribution in [-0.4, -0.2) is 23.0 Å². The zero-order valence-electron chi connectivity index (χ0n) is 9.59. The van der Waals surface area contributed by atoms with E-state index in [4.69, 9.17) is 10.4 Å². The second kappa shape index (κ2) is 6.21. The van der Waals surface area contributed by atoms with E-state index in [-0.39, 0.29) is 6.42 Å². The van der Waals surface area contributed by atoms with Crippen LogP contribution in [0.3, 0.4) is 0 Å². The summed E-state index contributed by atoms with van der Waals surface area (Å²) in [5, 5.41) is 19.9. The van der Waals surface area contributed by atoms with Gasteiger partial charge in [0.2, 0.25) is 0 Å².